The average Bonchev–Trinajstić information content (AvgIpc) is 3.12. The van der Waals surface area contributed by atoms with E-state index >= 15 is 0 Å². The first kappa shape index (κ1) is 20.4. The maximum absolute atomic E-state index is 12.8. The number of nitrogens with zero attached hydrogens (tertiary/aromatic N) is 3. The third kappa shape index (κ3) is 6.39. The van der Waals surface area contributed by atoms with Crippen LogP contribution in [0.2, 0.25) is 0 Å². The van der Waals surface area contributed by atoms with E-state index in [0.717, 1.165) is 50.1 Å². The van der Waals surface area contributed by atoms with Gasteiger partial charge in [-0.25, -0.2) is 0 Å². The lowest BCUT2D eigenvalue weighted by Crippen LogP contribution is -2.34. The van der Waals surface area contributed by atoms with Crippen LogP contribution in [0.3, 0.4) is 0 Å². The molecule has 0 bridgehead atoms. The van der Waals surface area contributed by atoms with Gasteiger partial charge in [0.15, 0.2) is 0 Å². The Morgan fingerprint density at radius 2 is 1.86 bits per heavy atom. The molecule has 0 aliphatic carbocycles. The maximum Gasteiger partial charge on any atom is 0.222 e. The summed E-state index contributed by atoms with van der Waals surface area (Å²) < 4.78 is 7.83. The number of amides is 1. The quantitative estimate of drug-likeness (QED) is 0.800. The molecule has 0 fully saturated rings. The summed E-state index contributed by atoms with van der Waals surface area (Å²) in [5, 5.41) is 4.19. The van der Waals surface area contributed by atoms with E-state index < -0.39 is 0 Å². The largest absolute Gasteiger partial charge is 0.493 e. The van der Waals surface area contributed by atoms with Crippen molar-refractivity contribution in [3.05, 3.63) is 47.8 Å². The SMILES string of the molecule is Cn1cc(CCC(=O)N2CCCCCCCc3ccccc3OCCC2)cn1. The Morgan fingerprint density at radius 3 is 2.71 bits per heavy atom. The molecule has 1 aliphatic rings. The second-order valence-electron chi connectivity index (χ2n) is 7.73. The van der Waals surface area contributed by atoms with Crippen LogP contribution in [-0.2, 0) is 24.7 Å². The van der Waals surface area contributed by atoms with Gasteiger partial charge in [-0.3, -0.25) is 9.48 Å². The molecule has 1 amide bonds. The zero-order chi connectivity index (χ0) is 19.6. The van der Waals surface area contributed by atoms with Gasteiger partial charge in [0.2, 0.25) is 5.91 Å². The molecule has 2 heterocycles. The molecule has 0 N–H and O–H groups in total. The molecule has 152 valence electrons. The van der Waals surface area contributed by atoms with Crippen molar-refractivity contribution in [3.63, 3.8) is 0 Å². The molecule has 0 unspecified atom stereocenters. The van der Waals surface area contributed by atoms with Crippen LogP contribution in [0.15, 0.2) is 36.7 Å². The molecular formula is C23H33N3O2. The first-order chi connectivity index (χ1) is 13.7. The van der Waals surface area contributed by atoms with Crippen LogP contribution in [0.4, 0.5) is 0 Å². The highest BCUT2D eigenvalue weighted by atomic mass is 16.5. The summed E-state index contributed by atoms with van der Waals surface area (Å²) in [6, 6.07) is 8.37. The van der Waals surface area contributed by atoms with E-state index in [-0.39, 0.29) is 5.91 Å². The highest BCUT2D eigenvalue weighted by molar-refractivity contribution is 5.76. The van der Waals surface area contributed by atoms with Crippen LogP contribution in [0, 0.1) is 0 Å². The molecule has 0 saturated heterocycles. The van der Waals surface area contributed by atoms with Gasteiger partial charge >= 0.3 is 0 Å². The van der Waals surface area contributed by atoms with Gasteiger partial charge in [-0.2, -0.15) is 5.10 Å². The molecule has 0 spiro atoms. The van der Waals surface area contributed by atoms with Gasteiger partial charge in [0, 0.05) is 32.8 Å². The lowest BCUT2D eigenvalue weighted by molar-refractivity contribution is -0.131. The van der Waals surface area contributed by atoms with E-state index in [1.807, 2.05) is 30.4 Å². The number of para-hydroxylation sites is 1. The summed E-state index contributed by atoms with van der Waals surface area (Å²) in [4.78, 5) is 14.8. The lowest BCUT2D eigenvalue weighted by Gasteiger charge is -2.23. The minimum absolute atomic E-state index is 0.247. The number of rotatable bonds is 3. The summed E-state index contributed by atoms with van der Waals surface area (Å²) in [6.45, 7) is 2.29. The normalized spacial score (nSPS) is 16.7. The van der Waals surface area contributed by atoms with Crippen molar-refractivity contribution in [1.82, 2.24) is 14.7 Å². The Bertz CT molecular complexity index is 741. The number of benzene rings is 1. The minimum atomic E-state index is 0.247. The highest BCUT2D eigenvalue weighted by Gasteiger charge is 2.14. The fourth-order valence-corrected chi connectivity index (χ4v) is 3.81. The standard InChI is InChI=1S/C23H33N3O2/c1-25-19-20(18-24-25)13-14-23(27)26-15-8-4-2-3-5-10-21-11-6-7-12-22(21)28-17-9-16-26/h6-7,11-12,18-19H,2-5,8-10,13-17H2,1H3. The van der Waals surface area contributed by atoms with Gasteiger partial charge in [0.05, 0.1) is 12.8 Å². The predicted octanol–water partition coefficient (Wildman–Crippen LogP) is 4.16. The van der Waals surface area contributed by atoms with Gasteiger partial charge in [0.1, 0.15) is 5.75 Å². The molecule has 28 heavy (non-hydrogen) atoms. The fourth-order valence-electron chi connectivity index (χ4n) is 3.81. The van der Waals surface area contributed by atoms with Crippen LogP contribution in [-0.4, -0.2) is 40.3 Å². The van der Waals surface area contributed by atoms with Crippen molar-refractivity contribution in [3.8, 4) is 5.75 Å². The van der Waals surface area contributed by atoms with E-state index in [9.17, 15) is 4.79 Å². The molecule has 5 heteroatoms. The van der Waals surface area contributed by atoms with E-state index in [1.165, 1.54) is 31.2 Å². The zero-order valence-electron chi connectivity index (χ0n) is 17.1. The molecule has 5 nitrogen and oxygen atoms in total. The smallest absolute Gasteiger partial charge is 0.222 e. The topological polar surface area (TPSA) is 47.4 Å². The van der Waals surface area contributed by atoms with Crippen molar-refractivity contribution >= 4 is 5.91 Å². The number of aromatic nitrogens is 2. The first-order valence-corrected chi connectivity index (χ1v) is 10.7. The number of hydrogen-bond acceptors (Lipinski definition) is 3. The average molecular weight is 384 g/mol. The van der Waals surface area contributed by atoms with Crippen molar-refractivity contribution in [2.45, 2.75) is 57.8 Å². The highest BCUT2D eigenvalue weighted by Crippen LogP contribution is 2.21. The van der Waals surface area contributed by atoms with Gasteiger partial charge < -0.3 is 9.64 Å². The summed E-state index contributed by atoms with van der Waals surface area (Å²) >= 11 is 0. The van der Waals surface area contributed by atoms with Gasteiger partial charge in [-0.15, -0.1) is 0 Å². The Kier molecular flexibility index (Phi) is 7.94. The summed E-state index contributed by atoms with van der Waals surface area (Å²) in [6.07, 6.45) is 13.1. The van der Waals surface area contributed by atoms with Crippen molar-refractivity contribution in [2.75, 3.05) is 19.7 Å². The number of carbonyl (C=O) groups is 1. The van der Waals surface area contributed by atoms with Crippen LogP contribution in [0.1, 0.15) is 56.1 Å². The predicted molar refractivity (Wildman–Crippen MR) is 111 cm³/mol. The molecule has 0 atom stereocenters. The molecule has 3 rings (SSSR count). The second kappa shape index (κ2) is 10.9. The lowest BCUT2D eigenvalue weighted by atomic mass is 10.0. The maximum atomic E-state index is 12.8. The number of hydrogen-bond donors (Lipinski definition) is 0. The Hall–Kier alpha value is -2.30. The molecular weight excluding hydrogens is 350 g/mol. The van der Waals surface area contributed by atoms with Crippen molar-refractivity contribution < 1.29 is 9.53 Å². The zero-order valence-corrected chi connectivity index (χ0v) is 17.1. The molecule has 1 aromatic heterocycles. The molecule has 1 aliphatic heterocycles. The number of carbonyl (C=O) groups excluding carboxylic acids is 1. The van der Waals surface area contributed by atoms with Crippen LogP contribution < -0.4 is 4.74 Å². The second-order valence-corrected chi connectivity index (χ2v) is 7.73. The van der Waals surface area contributed by atoms with Crippen molar-refractivity contribution in [2.24, 2.45) is 7.05 Å². The number of aryl methyl sites for hydroxylation is 3. The molecule has 1 aromatic carbocycles. The third-order valence-electron chi connectivity index (χ3n) is 5.42. The van der Waals surface area contributed by atoms with Crippen LogP contribution >= 0.6 is 0 Å². The van der Waals surface area contributed by atoms with E-state index in [0.29, 0.717) is 13.0 Å². The summed E-state index contributed by atoms with van der Waals surface area (Å²) in [5.74, 6) is 1.25. The monoisotopic (exact) mass is 383 g/mol. The minimum Gasteiger partial charge on any atom is -0.493 e. The number of fused-ring (bicyclic) bond motifs is 1. The van der Waals surface area contributed by atoms with Gasteiger partial charge in [-0.05, 0) is 49.3 Å². The summed E-state index contributed by atoms with van der Waals surface area (Å²) in [5.41, 5.74) is 2.43. The van der Waals surface area contributed by atoms with E-state index in [2.05, 4.69) is 23.3 Å². The van der Waals surface area contributed by atoms with Crippen molar-refractivity contribution in [1.29, 1.82) is 0 Å². The van der Waals surface area contributed by atoms with Crippen LogP contribution in [0.25, 0.3) is 0 Å². The van der Waals surface area contributed by atoms with E-state index in [1.54, 1.807) is 4.68 Å². The Labute approximate surface area is 168 Å². The fraction of sp³-hybridized carbons (Fsp3) is 0.565. The van der Waals surface area contributed by atoms with Gasteiger partial charge in [0.25, 0.3) is 0 Å². The Morgan fingerprint density at radius 1 is 1.07 bits per heavy atom. The third-order valence-corrected chi connectivity index (χ3v) is 5.42. The molecule has 0 saturated carbocycles. The summed E-state index contributed by atoms with van der Waals surface area (Å²) in [7, 11) is 1.91. The number of ether oxygens (including phenoxy) is 1. The van der Waals surface area contributed by atoms with Gasteiger partial charge in [-0.1, -0.05) is 37.5 Å². The van der Waals surface area contributed by atoms with E-state index in [4.69, 9.17) is 4.74 Å². The molecule has 0 radical (unpaired) electrons. The van der Waals surface area contributed by atoms with Crippen LogP contribution in [0.5, 0.6) is 5.75 Å². The Balaban J connectivity index is 1.54. The first-order valence-electron chi connectivity index (χ1n) is 10.7. The molecule has 2 aromatic rings.